The lowest BCUT2D eigenvalue weighted by molar-refractivity contribution is 0.0973. The summed E-state index contributed by atoms with van der Waals surface area (Å²) in [5.74, 6) is 0.269. The Kier molecular flexibility index (Phi) is 3.01. The van der Waals surface area contributed by atoms with Crippen molar-refractivity contribution in [3.05, 3.63) is 70.8 Å². The fourth-order valence-corrected chi connectivity index (χ4v) is 2.92. The smallest absolute Gasteiger partial charge is 0.170 e. The third kappa shape index (κ3) is 2.18. The van der Waals surface area contributed by atoms with Gasteiger partial charge in [0.15, 0.2) is 5.78 Å². The summed E-state index contributed by atoms with van der Waals surface area (Å²) in [5.41, 5.74) is 4.68. The maximum Gasteiger partial charge on any atom is 0.170 e. The first-order valence-electron chi connectivity index (χ1n) is 7.19. The molecule has 0 radical (unpaired) electrons. The topological polar surface area (TPSA) is 17.1 Å². The first-order valence-corrected chi connectivity index (χ1v) is 7.19. The maximum atomic E-state index is 12.5. The van der Waals surface area contributed by atoms with Gasteiger partial charge in [0.1, 0.15) is 0 Å². The summed E-state index contributed by atoms with van der Waals surface area (Å²) in [6.07, 6.45) is 0.837. The van der Waals surface area contributed by atoms with E-state index in [4.69, 9.17) is 0 Å². The number of rotatable bonds is 1. The van der Waals surface area contributed by atoms with Crippen molar-refractivity contribution in [2.45, 2.75) is 38.5 Å². The zero-order chi connectivity index (χ0) is 14.3. The minimum absolute atomic E-state index is 0.00131. The van der Waals surface area contributed by atoms with Gasteiger partial charge in [-0.3, -0.25) is 4.79 Å². The maximum absolute atomic E-state index is 12.5. The lowest BCUT2D eigenvalue weighted by Crippen LogP contribution is -2.12. The number of carbonyl (C=O) groups excluding carboxylic acids is 1. The molecule has 3 rings (SSSR count). The third-order valence-corrected chi connectivity index (χ3v) is 4.20. The molecule has 1 unspecified atom stereocenters. The molecule has 0 fully saturated rings. The van der Waals surface area contributed by atoms with Gasteiger partial charge in [0.25, 0.3) is 0 Å². The van der Waals surface area contributed by atoms with Crippen molar-refractivity contribution in [1.29, 1.82) is 0 Å². The highest BCUT2D eigenvalue weighted by Crippen LogP contribution is 2.34. The molecule has 2 aromatic rings. The fourth-order valence-electron chi connectivity index (χ4n) is 2.92. The molecule has 0 heterocycles. The predicted molar refractivity (Wildman–Crippen MR) is 82.4 cm³/mol. The number of hydrogen-bond acceptors (Lipinski definition) is 1. The molecule has 20 heavy (non-hydrogen) atoms. The van der Waals surface area contributed by atoms with Crippen molar-refractivity contribution >= 4 is 5.78 Å². The molecule has 0 saturated heterocycles. The van der Waals surface area contributed by atoms with Crippen LogP contribution in [0.2, 0.25) is 0 Å². The van der Waals surface area contributed by atoms with E-state index >= 15 is 0 Å². The van der Waals surface area contributed by atoms with E-state index in [-0.39, 0.29) is 17.1 Å². The second-order valence-electron chi connectivity index (χ2n) is 6.65. The summed E-state index contributed by atoms with van der Waals surface area (Å²) in [6.45, 7) is 6.62. The quantitative estimate of drug-likeness (QED) is 0.740. The Morgan fingerprint density at radius 1 is 0.950 bits per heavy atom. The highest BCUT2D eigenvalue weighted by atomic mass is 16.1. The third-order valence-electron chi connectivity index (χ3n) is 4.20. The van der Waals surface area contributed by atoms with Crippen LogP contribution in [-0.2, 0) is 11.8 Å². The number of ketones is 1. The van der Waals surface area contributed by atoms with Crippen molar-refractivity contribution in [3.63, 3.8) is 0 Å². The van der Waals surface area contributed by atoms with Crippen LogP contribution in [-0.4, -0.2) is 5.78 Å². The Bertz CT molecular complexity index is 644. The van der Waals surface area contributed by atoms with Crippen molar-refractivity contribution in [3.8, 4) is 0 Å². The average molecular weight is 264 g/mol. The molecule has 0 spiro atoms. The van der Waals surface area contributed by atoms with Crippen LogP contribution < -0.4 is 0 Å². The van der Waals surface area contributed by atoms with Crippen LogP contribution >= 0.6 is 0 Å². The largest absolute Gasteiger partial charge is 0.293 e. The van der Waals surface area contributed by atoms with Gasteiger partial charge >= 0.3 is 0 Å². The van der Waals surface area contributed by atoms with Crippen molar-refractivity contribution in [2.75, 3.05) is 0 Å². The number of carbonyl (C=O) groups is 1. The molecule has 1 heteroatoms. The molecule has 0 bridgehead atoms. The molecular formula is C19H20O. The van der Waals surface area contributed by atoms with E-state index in [1.165, 1.54) is 11.1 Å². The van der Waals surface area contributed by atoms with E-state index in [2.05, 4.69) is 51.1 Å². The van der Waals surface area contributed by atoms with E-state index in [1.807, 2.05) is 18.2 Å². The van der Waals surface area contributed by atoms with E-state index in [1.54, 1.807) is 0 Å². The van der Waals surface area contributed by atoms with Crippen LogP contribution in [0.1, 0.15) is 53.7 Å². The number of hydrogen-bond donors (Lipinski definition) is 0. The van der Waals surface area contributed by atoms with Gasteiger partial charge < -0.3 is 0 Å². The van der Waals surface area contributed by atoms with Gasteiger partial charge in [-0.15, -0.1) is 0 Å². The first-order chi connectivity index (χ1) is 9.47. The summed E-state index contributed by atoms with van der Waals surface area (Å²) >= 11 is 0. The second kappa shape index (κ2) is 4.59. The lowest BCUT2D eigenvalue weighted by atomic mass is 9.85. The summed E-state index contributed by atoms with van der Waals surface area (Å²) in [6, 6.07) is 16.5. The van der Waals surface area contributed by atoms with Gasteiger partial charge in [-0.1, -0.05) is 69.3 Å². The fraction of sp³-hybridized carbons (Fsp3) is 0.316. The summed E-state index contributed by atoms with van der Waals surface area (Å²) < 4.78 is 0. The number of Topliss-reactive ketones (excluding diaryl/α,β-unsaturated/α-hetero) is 1. The normalized spacial score (nSPS) is 18.1. The van der Waals surface area contributed by atoms with Crippen LogP contribution in [0, 0.1) is 0 Å². The van der Waals surface area contributed by atoms with Crippen LogP contribution in [0.3, 0.4) is 0 Å². The average Bonchev–Trinajstić information content (AvgIpc) is 2.76. The van der Waals surface area contributed by atoms with Gasteiger partial charge in [-0.2, -0.15) is 0 Å². The number of benzene rings is 2. The SMILES string of the molecule is CC(C)(C)c1ccc(C2Cc3ccccc3C2=O)cc1. The molecule has 0 aliphatic heterocycles. The Labute approximate surface area is 120 Å². The molecule has 0 amide bonds. The molecule has 1 aliphatic rings. The molecule has 1 aliphatic carbocycles. The first kappa shape index (κ1) is 13.1. The van der Waals surface area contributed by atoms with Gasteiger partial charge in [-0.25, -0.2) is 0 Å². The molecule has 0 aromatic heterocycles. The van der Waals surface area contributed by atoms with Crippen LogP contribution in [0.25, 0.3) is 0 Å². The van der Waals surface area contributed by atoms with Gasteiger partial charge in [0.2, 0.25) is 0 Å². The molecule has 0 N–H and O–H groups in total. The minimum atomic E-state index is 0.00131. The van der Waals surface area contributed by atoms with Gasteiger partial charge in [-0.05, 0) is 28.5 Å². The highest BCUT2D eigenvalue weighted by Gasteiger charge is 2.31. The predicted octanol–water partition coefficient (Wildman–Crippen LogP) is 4.51. The van der Waals surface area contributed by atoms with Crippen LogP contribution in [0.4, 0.5) is 0 Å². The highest BCUT2D eigenvalue weighted by molar-refractivity contribution is 6.05. The van der Waals surface area contributed by atoms with Gasteiger partial charge in [0.05, 0.1) is 5.92 Å². The Balaban J connectivity index is 1.91. The van der Waals surface area contributed by atoms with Crippen molar-refractivity contribution in [2.24, 2.45) is 0 Å². The second-order valence-corrected chi connectivity index (χ2v) is 6.65. The summed E-state index contributed by atoms with van der Waals surface area (Å²) in [7, 11) is 0. The van der Waals surface area contributed by atoms with E-state index in [0.717, 1.165) is 17.5 Å². The Hall–Kier alpha value is -1.89. The monoisotopic (exact) mass is 264 g/mol. The Morgan fingerprint density at radius 2 is 1.60 bits per heavy atom. The molecular weight excluding hydrogens is 244 g/mol. The minimum Gasteiger partial charge on any atom is -0.293 e. The molecule has 1 atom stereocenters. The molecule has 0 saturated carbocycles. The van der Waals surface area contributed by atoms with E-state index in [9.17, 15) is 4.79 Å². The van der Waals surface area contributed by atoms with Crippen LogP contribution in [0.15, 0.2) is 48.5 Å². The zero-order valence-corrected chi connectivity index (χ0v) is 12.3. The van der Waals surface area contributed by atoms with E-state index in [0.29, 0.717) is 0 Å². The molecule has 1 nitrogen and oxygen atoms in total. The summed E-state index contributed by atoms with van der Waals surface area (Å²) in [5, 5.41) is 0. The molecule has 2 aromatic carbocycles. The van der Waals surface area contributed by atoms with Gasteiger partial charge in [0, 0.05) is 5.56 Å². The van der Waals surface area contributed by atoms with Crippen molar-refractivity contribution in [1.82, 2.24) is 0 Å². The molecule has 102 valence electrons. The lowest BCUT2D eigenvalue weighted by Gasteiger charge is -2.20. The number of fused-ring (bicyclic) bond motifs is 1. The zero-order valence-electron chi connectivity index (χ0n) is 12.3. The summed E-state index contributed by atoms with van der Waals surface area (Å²) in [4.78, 5) is 12.5. The van der Waals surface area contributed by atoms with Crippen LogP contribution in [0.5, 0.6) is 0 Å². The standard InChI is InChI=1S/C19H20O/c1-19(2,3)15-10-8-13(9-11-15)17-12-14-6-4-5-7-16(14)18(17)20/h4-11,17H,12H2,1-3H3. The van der Waals surface area contributed by atoms with E-state index < -0.39 is 0 Å². The van der Waals surface area contributed by atoms with Crippen molar-refractivity contribution < 1.29 is 4.79 Å². The Morgan fingerprint density at radius 3 is 2.20 bits per heavy atom.